The van der Waals surface area contributed by atoms with Crippen molar-refractivity contribution in [2.24, 2.45) is 0 Å². The Hall–Kier alpha value is -0.870. The van der Waals surface area contributed by atoms with Gasteiger partial charge in [-0.25, -0.2) is 4.98 Å². The molecule has 2 nitrogen and oxygen atoms in total. The second kappa shape index (κ2) is 4.11. The van der Waals surface area contributed by atoms with Crippen LogP contribution in [0.1, 0.15) is 0 Å². The van der Waals surface area contributed by atoms with E-state index in [-0.39, 0.29) is 0 Å². The number of hydrogen-bond donors (Lipinski definition) is 1. The average Bonchev–Trinajstić information content (AvgIpc) is 2.67. The summed E-state index contributed by atoms with van der Waals surface area (Å²) >= 11 is 5.07. The van der Waals surface area contributed by atoms with Gasteiger partial charge in [-0.3, -0.25) is 0 Å². The van der Waals surface area contributed by atoms with Gasteiger partial charge < -0.3 is 5.32 Å². The molecule has 2 rings (SSSR count). The van der Waals surface area contributed by atoms with Gasteiger partial charge in [-0.2, -0.15) is 0 Å². The van der Waals surface area contributed by atoms with Crippen LogP contribution in [0, 0.1) is 0 Å². The first-order valence-corrected chi connectivity index (χ1v) is 5.80. The molecule has 2 aromatic rings. The van der Waals surface area contributed by atoms with Crippen LogP contribution in [0.4, 0.5) is 5.13 Å². The third-order valence-corrected chi connectivity index (χ3v) is 3.44. The van der Waals surface area contributed by atoms with Crippen molar-refractivity contribution in [1.29, 1.82) is 0 Å². The van der Waals surface area contributed by atoms with Crippen LogP contribution in [0.25, 0.3) is 10.4 Å². The molecule has 0 aliphatic carbocycles. The van der Waals surface area contributed by atoms with Gasteiger partial charge in [-0.1, -0.05) is 39.4 Å². The first kappa shape index (κ1) is 9.68. The van der Waals surface area contributed by atoms with Crippen molar-refractivity contribution in [2.45, 2.75) is 0 Å². The third kappa shape index (κ3) is 1.96. The van der Waals surface area contributed by atoms with Gasteiger partial charge in [0.25, 0.3) is 0 Å². The van der Waals surface area contributed by atoms with Gasteiger partial charge in [-0.05, 0) is 17.7 Å². The van der Waals surface area contributed by atoms with Crippen molar-refractivity contribution in [2.75, 3.05) is 12.4 Å². The molecule has 0 aliphatic heterocycles. The second-order valence-electron chi connectivity index (χ2n) is 2.79. The summed E-state index contributed by atoms with van der Waals surface area (Å²) in [4.78, 5) is 5.41. The number of nitrogens with zero attached hydrogens (tertiary/aromatic N) is 1. The lowest BCUT2D eigenvalue weighted by Crippen LogP contribution is -1.83. The van der Waals surface area contributed by atoms with E-state index >= 15 is 0 Å². The number of hydrogen-bond acceptors (Lipinski definition) is 3. The van der Waals surface area contributed by atoms with E-state index in [1.165, 1.54) is 10.4 Å². The lowest BCUT2D eigenvalue weighted by Gasteiger charge is -1.95. The molecule has 0 bridgehead atoms. The van der Waals surface area contributed by atoms with Gasteiger partial charge in [-0.15, -0.1) is 0 Å². The van der Waals surface area contributed by atoms with Gasteiger partial charge in [0.05, 0.1) is 4.88 Å². The standard InChI is InChI=1S/C10H9BrN2S/c1-12-10-13-6-9(14-10)7-2-4-8(11)5-3-7/h2-6H,1H3,(H,12,13). The minimum absolute atomic E-state index is 0.947. The maximum absolute atomic E-state index is 4.23. The summed E-state index contributed by atoms with van der Waals surface area (Å²) in [5.41, 5.74) is 1.20. The highest BCUT2D eigenvalue weighted by atomic mass is 79.9. The fourth-order valence-electron chi connectivity index (χ4n) is 1.14. The summed E-state index contributed by atoms with van der Waals surface area (Å²) in [5.74, 6) is 0. The number of rotatable bonds is 2. The zero-order valence-corrected chi connectivity index (χ0v) is 10.0. The third-order valence-electron chi connectivity index (χ3n) is 1.85. The number of aromatic nitrogens is 1. The summed E-state index contributed by atoms with van der Waals surface area (Å²) < 4.78 is 1.10. The van der Waals surface area contributed by atoms with E-state index in [1.807, 2.05) is 25.4 Å². The Labute approximate surface area is 95.1 Å². The smallest absolute Gasteiger partial charge is 0.182 e. The van der Waals surface area contributed by atoms with E-state index in [0.717, 1.165) is 9.60 Å². The molecular weight excluding hydrogens is 260 g/mol. The Morgan fingerprint density at radius 3 is 2.57 bits per heavy atom. The molecule has 0 aliphatic rings. The lowest BCUT2D eigenvalue weighted by molar-refractivity contribution is 1.37. The van der Waals surface area contributed by atoms with Gasteiger partial charge in [0.1, 0.15) is 0 Å². The van der Waals surface area contributed by atoms with Crippen LogP contribution in [-0.2, 0) is 0 Å². The molecule has 0 radical (unpaired) electrons. The summed E-state index contributed by atoms with van der Waals surface area (Å²) in [7, 11) is 1.88. The predicted molar refractivity (Wildman–Crippen MR) is 64.8 cm³/mol. The molecule has 0 spiro atoms. The zero-order valence-electron chi connectivity index (χ0n) is 7.62. The van der Waals surface area contributed by atoms with Gasteiger partial charge in [0, 0.05) is 17.7 Å². The minimum Gasteiger partial charge on any atom is -0.365 e. The molecular formula is C10H9BrN2S. The van der Waals surface area contributed by atoms with Crippen LogP contribution in [0.15, 0.2) is 34.9 Å². The largest absolute Gasteiger partial charge is 0.365 e. The van der Waals surface area contributed by atoms with Gasteiger partial charge in [0.15, 0.2) is 5.13 Å². The topological polar surface area (TPSA) is 24.9 Å². The zero-order chi connectivity index (χ0) is 9.97. The number of halogens is 1. The van der Waals surface area contributed by atoms with Crippen LogP contribution < -0.4 is 5.32 Å². The SMILES string of the molecule is CNc1ncc(-c2ccc(Br)cc2)s1. The molecule has 0 fully saturated rings. The quantitative estimate of drug-likeness (QED) is 0.900. The Kier molecular flexibility index (Phi) is 2.84. The summed E-state index contributed by atoms with van der Waals surface area (Å²) in [6.45, 7) is 0. The predicted octanol–water partition coefficient (Wildman–Crippen LogP) is 3.61. The van der Waals surface area contributed by atoms with Crippen LogP contribution >= 0.6 is 27.3 Å². The summed E-state index contributed by atoms with van der Waals surface area (Å²) in [5, 5.41) is 3.97. The molecule has 0 saturated heterocycles. The van der Waals surface area contributed by atoms with E-state index in [2.05, 4.69) is 38.4 Å². The van der Waals surface area contributed by atoms with E-state index in [4.69, 9.17) is 0 Å². The van der Waals surface area contributed by atoms with Crippen molar-refractivity contribution < 1.29 is 0 Å². The van der Waals surface area contributed by atoms with Gasteiger partial charge in [0.2, 0.25) is 0 Å². The van der Waals surface area contributed by atoms with E-state index < -0.39 is 0 Å². The maximum atomic E-state index is 4.23. The molecule has 72 valence electrons. The van der Waals surface area contributed by atoms with Crippen LogP contribution in [0.2, 0.25) is 0 Å². The Morgan fingerprint density at radius 2 is 2.00 bits per heavy atom. The van der Waals surface area contributed by atoms with Crippen LogP contribution in [0.3, 0.4) is 0 Å². The molecule has 1 aromatic carbocycles. The van der Waals surface area contributed by atoms with Crippen molar-refractivity contribution in [3.63, 3.8) is 0 Å². The number of benzene rings is 1. The number of nitrogens with one attached hydrogen (secondary N) is 1. The van der Waals surface area contributed by atoms with Crippen molar-refractivity contribution in [3.05, 3.63) is 34.9 Å². The highest BCUT2D eigenvalue weighted by molar-refractivity contribution is 9.10. The van der Waals surface area contributed by atoms with Crippen molar-refractivity contribution in [1.82, 2.24) is 4.98 Å². The number of anilines is 1. The molecule has 0 atom stereocenters. The fraction of sp³-hybridized carbons (Fsp3) is 0.100. The summed E-state index contributed by atoms with van der Waals surface area (Å²) in [6, 6.07) is 8.23. The van der Waals surface area contributed by atoms with Crippen LogP contribution in [0.5, 0.6) is 0 Å². The van der Waals surface area contributed by atoms with Crippen LogP contribution in [-0.4, -0.2) is 12.0 Å². The molecule has 1 heterocycles. The van der Waals surface area contributed by atoms with Gasteiger partial charge >= 0.3 is 0 Å². The first-order valence-electron chi connectivity index (χ1n) is 4.19. The molecule has 1 aromatic heterocycles. The fourth-order valence-corrected chi connectivity index (χ4v) is 2.18. The molecule has 0 unspecified atom stereocenters. The monoisotopic (exact) mass is 268 g/mol. The van der Waals surface area contributed by atoms with E-state index in [1.54, 1.807) is 11.3 Å². The molecule has 0 amide bonds. The lowest BCUT2D eigenvalue weighted by atomic mass is 10.2. The molecule has 4 heteroatoms. The van der Waals surface area contributed by atoms with Crippen molar-refractivity contribution >= 4 is 32.4 Å². The molecule has 14 heavy (non-hydrogen) atoms. The highest BCUT2D eigenvalue weighted by Gasteiger charge is 2.02. The maximum Gasteiger partial charge on any atom is 0.182 e. The highest BCUT2D eigenvalue weighted by Crippen LogP contribution is 2.29. The Balaban J connectivity index is 2.34. The Bertz CT molecular complexity index is 422. The second-order valence-corrected chi connectivity index (χ2v) is 4.73. The van der Waals surface area contributed by atoms with E-state index in [9.17, 15) is 0 Å². The molecule has 1 N–H and O–H groups in total. The minimum atomic E-state index is 0.947. The molecule has 0 saturated carbocycles. The number of thiazole rings is 1. The first-order chi connectivity index (χ1) is 6.79. The summed E-state index contributed by atoms with van der Waals surface area (Å²) in [6.07, 6.45) is 1.89. The normalized spacial score (nSPS) is 10.1. The average molecular weight is 269 g/mol. The Morgan fingerprint density at radius 1 is 1.29 bits per heavy atom. The van der Waals surface area contributed by atoms with E-state index in [0.29, 0.717) is 0 Å². The van der Waals surface area contributed by atoms with Crippen molar-refractivity contribution in [3.8, 4) is 10.4 Å².